The Labute approximate surface area is 89.9 Å². The van der Waals surface area contributed by atoms with Crippen LogP contribution < -0.4 is 0 Å². The molecule has 0 aromatic heterocycles. The molecule has 2 fully saturated rings. The molecule has 2 rings (SSSR count). The van der Waals surface area contributed by atoms with E-state index in [1.807, 2.05) is 6.92 Å². The fourth-order valence-electron chi connectivity index (χ4n) is 2.31. The van der Waals surface area contributed by atoms with Crippen molar-refractivity contribution in [2.45, 2.75) is 38.4 Å². The van der Waals surface area contributed by atoms with E-state index < -0.39 is 0 Å². The van der Waals surface area contributed by atoms with E-state index in [1.54, 1.807) is 0 Å². The lowest BCUT2D eigenvalue weighted by molar-refractivity contribution is -0.231. The number of rotatable bonds is 4. The Kier molecular flexibility index (Phi) is 3.26. The topological polar surface area (TPSA) is 44.8 Å². The van der Waals surface area contributed by atoms with Crippen molar-refractivity contribution in [3.63, 3.8) is 0 Å². The van der Waals surface area contributed by atoms with Crippen LogP contribution in [0.15, 0.2) is 0 Å². The molecule has 4 nitrogen and oxygen atoms in total. The molecule has 1 saturated carbocycles. The van der Waals surface area contributed by atoms with Crippen molar-refractivity contribution in [2.24, 2.45) is 5.92 Å². The third kappa shape index (κ3) is 2.49. The van der Waals surface area contributed by atoms with Gasteiger partial charge in [-0.1, -0.05) is 0 Å². The standard InChI is InChI=1S/C11H18O4/c1-2-13-10(12)4-3-9-7-11(8-9)14-5-6-15-11/h9H,2-8H2,1H3. The molecule has 0 N–H and O–H groups in total. The van der Waals surface area contributed by atoms with Crippen molar-refractivity contribution in [2.75, 3.05) is 19.8 Å². The molecule has 0 radical (unpaired) electrons. The van der Waals surface area contributed by atoms with Crippen molar-refractivity contribution < 1.29 is 19.0 Å². The SMILES string of the molecule is CCOC(=O)CCC1CC2(C1)OCCO2. The van der Waals surface area contributed by atoms with E-state index in [0.717, 1.165) is 19.3 Å². The molecule has 0 aromatic carbocycles. The summed E-state index contributed by atoms with van der Waals surface area (Å²) in [4.78, 5) is 11.1. The summed E-state index contributed by atoms with van der Waals surface area (Å²) in [6.07, 6.45) is 3.29. The van der Waals surface area contributed by atoms with E-state index in [0.29, 0.717) is 32.2 Å². The summed E-state index contributed by atoms with van der Waals surface area (Å²) >= 11 is 0. The predicted molar refractivity (Wildman–Crippen MR) is 53.2 cm³/mol. The van der Waals surface area contributed by atoms with Crippen LogP contribution in [0.3, 0.4) is 0 Å². The first-order valence-electron chi connectivity index (χ1n) is 5.68. The molecule has 0 aromatic rings. The summed E-state index contributed by atoms with van der Waals surface area (Å²) < 4.78 is 15.9. The molecule has 15 heavy (non-hydrogen) atoms. The number of carbonyl (C=O) groups excluding carboxylic acids is 1. The van der Waals surface area contributed by atoms with E-state index in [1.165, 1.54) is 0 Å². The van der Waals surface area contributed by atoms with Gasteiger partial charge in [0, 0.05) is 19.3 Å². The van der Waals surface area contributed by atoms with Crippen LogP contribution in [0.1, 0.15) is 32.6 Å². The molecule has 0 amide bonds. The third-order valence-electron chi connectivity index (χ3n) is 3.07. The zero-order valence-corrected chi connectivity index (χ0v) is 9.16. The van der Waals surface area contributed by atoms with Gasteiger partial charge < -0.3 is 14.2 Å². The smallest absolute Gasteiger partial charge is 0.305 e. The van der Waals surface area contributed by atoms with E-state index in [2.05, 4.69) is 0 Å². The number of hydrogen-bond donors (Lipinski definition) is 0. The van der Waals surface area contributed by atoms with Gasteiger partial charge in [-0.05, 0) is 19.3 Å². The average molecular weight is 214 g/mol. The third-order valence-corrected chi connectivity index (χ3v) is 3.07. The Morgan fingerprint density at radius 3 is 2.67 bits per heavy atom. The zero-order valence-electron chi connectivity index (χ0n) is 9.16. The molecule has 1 saturated heterocycles. The summed E-state index contributed by atoms with van der Waals surface area (Å²) in [5.74, 6) is 0.193. The van der Waals surface area contributed by atoms with Crippen LogP contribution in [0.4, 0.5) is 0 Å². The summed E-state index contributed by atoms with van der Waals surface area (Å²) in [7, 11) is 0. The van der Waals surface area contributed by atoms with Crippen LogP contribution in [-0.2, 0) is 19.0 Å². The van der Waals surface area contributed by atoms with Crippen LogP contribution in [0.5, 0.6) is 0 Å². The van der Waals surface area contributed by atoms with Gasteiger partial charge in [0.25, 0.3) is 0 Å². The van der Waals surface area contributed by atoms with Crippen LogP contribution in [-0.4, -0.2) is 31.6 Å². The number of esters is 1. The molecule has 1 spiro atoms. The Bertz CT molecular complexity index is 225. The summed E-state index contributed by atoms with van der Waals surface area (Å²) in [5.41, 5.74) is 0. The first-order valence-corrected chi connectivity index (χ1v) is 5.68. The molecule has 0 unspecified atom stereocenters. The minimum Gasteiger partial charge on any atom is -0.466 e. The predicted octanol–water partition coefficient (Wildman–Crippen LogP) is 1.48. The second-order valence-corrected chi connectivity index (χ2v) is 4.23. The lowest BCUT2D eigenvalue weighted by Crippen LogP contribution is -2.44. The van der Waals surface area contributed by atoms with Crippen LogP contribution >= 0.6 is 0 Å². The molecular formula is C11H18O4. The fraction of sp³-hybridized carbons (Fsp3) is 0.909. The van der Waals surface area contributed by atoms with Gasteiger partial charge in [0.1, 0.15) is 0 Å². The van der Waals surface area contributed by atoms with Gasteiger partial charge in [-0.2, -0.15) is 0 Å². The molecule has 2 aliphatic rings. The Morgan fingerprint density at radius 1 is 1.40 bits per heavy atom. The molecule has 0 atom stereocenters. The van der Waals surface area contributed by atoms with Crippen LogP contribution in [0.2, 0.25) is 0 Å². The molecular weight excluding hydrogens is 196 g/mol. The minimum absolute atomic E-state index is 0.0910. The first kappa shape index (κ1) is 10.9. The van der Waals surface area contributed by atoms with Crippen molar-refractivity contribution in [3.05, 3.63) is 0 Å². The fourth-order valence-corrected chi connectivity index (χ4v) is 2.31. The van der Waals surface area contributed by atoms with Crippen LogP contribution in [0, 0.1) is 5.92 Å². The highest BCUT2D eigenvalue weighted by Gasteiger charge is 2.48. The number of ether oxygens (including phenoxy) is 3. The van der Waals surface area contributed by atoms with Gasteiger partial charge in [-0.15, -0.1) is 0 Å². The van der Waals surface area contributed by atoms with Crippen LogP contribution in [0.25, 0.3) is 0 Å². The summed E-state index contributed by atoms with van der Waals surface area (Å²) in [5, 5.41) is 0. The van der Waals surface area contributed by atoms with E-state index in [4.69, 9.17) is 14.2 Å². The summed E-state index contributed by atoms with van der Waals surface area (Å²) in [6, 6.07) is 0. The second kappa shape index (κ2) is 4.49. The maximum atomic E-state index is 11.1. The summed E-state index contributed by atoms with van der Waals surface area (Å²) in [6.45, 7) is 3.73. The monoisotopic (exact) mass is 214 g/mol. The van der Waals surface area contributed by atoms with Crippen molar-refractivity contribution >= 4 is 5.97 Å². The molecule has 86 valence electrons. The Balaban J connectivity index is 1.61. The Hall–Kier alpha value is -0.610. The Morgan fingerprint density at radius 2 is 2.07 bits per heavy atom. The van der Waals surface area contributed by atoms with Gasteiger partial charge in [-0.3, -0.25) is 4.79 Å². The minimum atomic E-state index is -0.278. The number of carbonyl (C=O) groups is 1. The molecule has 1 heterocycles. The lowest BCUT2D eigenvalue weighted by Gasteiger charge is -2.42. The van der Waals surface area contributed by atoms with Gasteiger partial charge in [0.15, 0.2) is 5.79 Å². The lowest BCUT2D eigenvalue weighted by atomic mass is 9.76. The second-order valence-electron chi connectivity index (χ2n) is 4.23. The van der Waals surface area contributed by atoms with Gasteiger partial charge in [-0.25, -0.2) is 0 Å². The molecule has 0 bridgehead atoms. The highest BCUT2D eigenvalue weighted by molar-refractivity contribution is 5.69. The first-order chi connectivity index (χ1) is 7.24. The molecule has 4 heteroatoms. The maximum Gasteiger partial charge on any atom is 0.305 e. The molecule has 1 aliphatic heterocycles. The quantitative estimate of drug-likeness (QED) is 0.665. The zero-order chi connectivity index (χ0) is 10.7. The average Bonchev–Trinajstić information content (AvgIpc) is 2.62. The van der Waals surface area contributed by atoms with E-state index in [9.17, 15) is 4.79 Å². The van der Waals surface area contributed by atoms with Crippen molar-refractivity contribution in [1.82, 2.24) is 0 Å². The highest BCUT2D eigenvalue weighted by atomic mass is 16.7. The van der Waals surface area contributed by atoms with Gasteiger partial charge >= 0.3 is 5.97 Å². The van der Waals surface area contributed by atoms with E-state index in [-0.39, 0.29) is 11.8 Å². The maximum absolute atomic E-state index is 11.1. The van der Waals surface area contributed by atoms with E-state index >= 15 is 0 Å². The normalized spacial score (nSPS) is 24.1. The van der Waals surface area contributed by atoms with Crippen molar-refractivity contribution in [1.29, 1.82) is 0 Å². The number of hydrogen-bond acceptors (Lipinski definition) is 4. The molecule has 1 aliphatic carbocycles. The van der Waals surface area contributed by atoms with Crippen molar-refractivity contribution in [3.8, 4) is 0 Å². The van der Waals surface area contributed by atoms with Gasteiger partial charge in [0.2, 0.25) is 0 Å². The van der Waals surface area contributed by atoms with Gasteiger partial charge in [0.05, 0.1) is 19.8 Å². The highest BCUT2D eigenvalue weighted by Crippen LogP contribution is 2.46. The largest absolute Gasteiger partial charge is 0.466 e.